The Labute approximate surface area is 163 Å². The largest absolute Gasteiger partial charge is 0.497 e. The summed E-state index contributed by atoms with van der Waals surface area (Å²) >= 11 is 0. The van der Waals surface area contributed by atoms with Gasteiger partial charge in [0, 0.05) is 23.5 Å². The number of methoxy groups -OCH3 is 1. The molecule has 1 aliphatic rings. The van der Waals surface area contributed by atoms with E-state index in [2.05, 4.69) is 22.1 Å². The van der Waals surface area contributed by atoms with Gasteiger partial charge in [-0.05, 0) is 47.5 Å². The highest BCUT2D eigenvalue weighted by molar-refractivity contribution is 5.71. The molecule has 2 atom stereocenters. The number of benzene rings is 2. The van der Waals surface area contributed by atoms with E-state index in [-0.39, 0.29) is 6.04 Å². The normalized spacial score (nSPS) is 17.8. The number of nitrogens with one attached hydrogen (secondary N) is 1. The van der Waals surface area contributed by atoms with Crippen molar-refractivity contribution in [3.05, 3.63) is 95.3 Å². The molecule has 1 aromatic heterocycles. The molecule has 5 nitrogen and oxygen atoms in total. The minimum atomic E-state index is -0.439. The Morgan fingerprint density at radius 3 is 2.54 bits per heavy atom. The lowest BCUT2D eigenvalue weighted by Crippen LogP contribution is -2.19. The number of ether oxygens (including phenoxy) is 2. The number of cyclic esters (lactones) is 1. The zero-order valence-electron chi connectivity index (χ0n) is 15.3. The van der Waals surface area contributed by atoms with Gasteiger partial charge in [-0.1, -0.05) is 36.1 Å². The van der Waals surface area contributed by atoms with E-state index in [0.29, 0.717) is 0 Å². The fraction of sp³-hybridized carbons (Fsp3) is 0.130. The Morgan fingerprint density at radius 2 is 1.71 bits per heavy atom. The molecule has 0 spiro atoms. The van der Waals surface area contributed by atoms with E-state index < -0.39 is 12.2 Å². The average Bonchev–Trinajstić information content (AvgIpc) is 3.15. The molecule has 0 unspecified atom stereocenters. The van der Waals surface area contributed by atoms with Crippen LogP contribution >= 0.6 is 0 Å². The maximum Gasteiger partial charge on any atom is 0.408 e. The maximum atomic E-state index is 12.0. The summed E-state index contributed by atoms with van der Waals surface area (Å²) in [6.45, 7) is 0. The molecule has 3 aromatic rings. The number of alkyl carbamates (subject to hydrolysis) is 1. The van der Waals surface area contributed by atoms with Crippen LogP contribution in [0.5, 0.6) is 5.75 Å². The second-order valence-electron chi connectivity index (χ2n) is 6.34. The van der Waals surface area contributed by atoms with E-state index in [1.165, 1.54) is 0 Å². The van der Waals surface area contributed by atoms with Crippen molar-refractivity contribution in [1.29, 1.82) is 0 Å². The average molecular weight is 370 g/mol. The van der Waals surface area contributed by atoms with Gasteiger partial charge in [0.15, 0.2) is 6.10 Å². The molecule has 1 N–H and O–H groups in total. The van der Waals surface area contributed by atoms with Crippen LogP contribution in [0.15, 0.2) is 73.1 Å². The summed E-state index contributed by atoms with van der Waals surface area (Å²) in [5.74, 6) is 7.00. The Kier molecular flexibility index (Phi) is 4.94. The smallest absolute Gasteiger partial charge is 0.408 e. The minimum absolute atomic E-state index is 0.303. The predicted molar refractivity (Wildman–Crippen MR) is 105 cm³/mol. The molecule has 1 aliphatic heterocycles. The van der Waals surface area contributed by atoms with Crippen molar-refractivity contribution in [3.8, 4) is 17.6 Å². The molecule has 0 aliphatic carbocycles. The van der Waals surface area contributed by atoms with Crippen LogP contribution in [0.2, 0.25) is 0 Å². The van der Waals surface area contributed by atoms with Gasteiger partial charge in [-0.25, -0.2) is 4.79 Å². The molecule has 2 aromatic carbocycles. The van der Waals surface area contributed by atoms with Crippen LogP contribution in [0.3, 0.4) is 0 Å². The predicted octanol–water partition coefficient (Wildman–Crippen LogP) is 4.01. The van der Waals surface area contributed by atoms with Crippen LogP contribution < -0.4 is 10.1 Å². The fourth-order valence-electron chi connectivity index (χ4n) is 3.15. The molecular formula is C23H18N2O3. The Morgan fingerprint density at radius 1 is 0.964 bits per heavy atom. The van der Waals surface area contributed by atoms with Crippen LogP contribution in [0.25, 0.3) is 0 Å². The second-order valence-corrected chi connectivity index (χ2v) is 6.34. The molecule has 0 bridgehead atoms. The lowest BCUT2D eigenvalue weighted by molar-refractivity contribution is 0.132. The molecule has 1 saturated heterocycles. The van der Waals surface area contributed by atoms with Gasteiger partial charge in [0.1, 0.15) is 5.75 Å². The summed E-state index contributed by atoms with van der Waals surface area (Å²) < 4.78 is 10.8. The number of nitrogens with zero attached hydrogens (tertiary/aromatic N) is 1. The first-order valence-electron chi connectivity index (χ1n) is 8.86. The minimum Gasteiger partial charge on any atom is -0.497 e. The summed E-state index contributed by atoms with van der Waals surface area (Å²) in [4.78, 5) is 16.0. The molecule has 1 fully saturated rings. The van der Waals surface area contributed by atoms with Crippen molar-refractivity contribution < 1.29 is 14.3 Å². The Bertz CT molecular complexity index is 1050. The first-order chi connectivity index (χ1) is 13.7. The molecular weight excluding hydrogens is 352 g/mol. The van der Waals surface area contributed by atoms with Crippen molar-refractivity contribution in [3.63, 3.8) is 0 Å². The third-order valence-electron chi connectivity index (χ3n) is 4.51. The highest BCUT2D eigenvalue weighted by Gasteiger charge is 2.36. The number of rotatable bonds is 3. The van der Waals surface area contributed by atoms with Crippen molar-refractivity contribution >= 4 is 6.09 Å². The SMILES string of the molecule is COc1cccc([C@H]2OC(=O)N[C@@H]2c2cccc(C#Cc3ccncc3)c2)c1. The Hall–Kier alpha value is -3.78. The van der Waals surface area contributed by atoms with E-state index in [1.807, 2.05) is 60.7 Å². The highest BCUT2D eigenvalue weighted by Crippen LogP contribution is 2.37. The summed E-state index contributed by atoms with van der Waals surface area (Å²) in [5, 5.41) is 2.90. The number of carbonyl (C=O) groups excluding carboxylic acids is 1. The number of hydrogen-bond acceptors (Lipinski definition) is 4. The van der Waals surface area contributed by atoms with Crippen LogP contribution in [0, 0.1) is 11.8 Å². The number of amides is 1. The Balaban J connectivity index is 1.64. The van der Waals surface area contributed by atoms with Crippen LogP contribution in [0.4, 0.5) is 4.79 Å². The molecule has 0 radical (unpaired) electrons. The number of hydrogen-bond donors (Lipinski definition) is 1. The summed E-state index contributed by atoms with van der Waals surface area (Å²) in [7, 11) is 1.61. The maximum absolute atomic E-state index is 12.0. The van der Waals surface area contributed by atoms with Gasteiger partial charge >= 0.3 is 6.09 Å². The van der Waals surface area contributed by atoms with Gasteiger partial charge in [0.2, 0.25) is 0 Å². The first kappa shape index (κ1) is 17.6. The van der Waals surface area contributed by atoms with Gasteiger partial charge in [-0.15, -0.1) is 0 Å². The molecule has 138 valence electrons. The molecule has 4 rings (SSSR count). The third kappa shape index (κ3) is 3.81. The van der Waals surface area contributed by atoms with Gasteiger partial charge in [-0.2, -0.15) is 0 Å². The lowest BCUT2D eigenvalue weighted by atomic mass is 9.95. The topological polar surface area (TPSA) is 60.5 Å². The summed E-state index contributed by atoms with van der Waals surface area (Å²) in [6, 6.07) is 18.8. The summed E-state index contributed by atoms with van der Waals surface area (Å²) in [5.41, 5.74) is 3.56. The van der Waals surface area contributed by atoms with E-state index >= 15 is 0 Å². The fourth-order valence-corrected chi connectivity index (χ4v) is 3.15. The van der Waals surface area contributed by atoms with Gasteiger partial charge in [-0.3, -0.25) is 4.98 Å². The van der Waals surface area contributed by atoms with Crippen molar-refractivity contribution in [2.24, 2.45) is 0 Å². The number of carbonyl (C=O) groups is 1. The lowest BCUT2D eigenvalue weighted by Gasteiger charge is -2.18. The van der Waals surface area contributed by atoms with Gasteiger partial charge < -0.3 is 14.8 Å². The monoisotopic (exact) mass is 370 g/mol. The quantitative estimate of drug-likeness (QED) is 0.708. The third-order valence-corrected chi connectivity index (χ3v) is 4.51. The zero-order valence-corrected chi connectivity index (χ0v) is 15.3. The zero-order chi connectivity index (χ0) is 19.3. The first-order valence-corrected chi connectivity index (χ1v) is 8.86. The van der Waals surface area contributed by atoms with Crippen molar-refractivity contribution in [2.45, 2.75) is 12.1 Å². The second kappa shape index (κ2) is 7.85. The molecule has 5 heteroatoms. The standard InChI is InChI=1S/C23H18N2O3/c1-27-20-7-3-6-19(15-20)22-21(25-23(26)28-22)18-5-2-4-17(14-18)9-8-16-10-12-24-13-11-16/h2-7,10-15,21-22H,1H3,(H,25,26)/t21-,22-/m1/s1. The van der Waals surface area contributed by atoms with Gasteiger partial charge in [0.05, 0.1) is 13.2 Å². The van der Waals surface area contributed by atoms with Crippen molar-refractivity contribution in [1.82, 2.24) is 10.3 Å². The molecule has 2 heterocycles. The van der Waals surface area contributed by atoms with E-state index in [0.717, 1.165) is 28.0 Å². The number of pyridine rings is 1. The summed E-state index contributed by atoms with van der Waals surface area (Å²) in [6.07, 6.45) is 2.55. The molecule has 1 amide bonds. The van der Waals surface area contributed by atoms with E-state index in [9.17, 15) is 4.79 Å². The van der Waals surface area contributed by atoms with Crippen LogP contribution in [0.1, 0.15) is 34.4 Å². The highest BCUT2D eigenvalue weighted by atomic mass is 16.6. The van der Waals surface area contributed by atoms with Gasteiger partial charge in [0.25, 0.3) is 0 Å². The molecule has 0 saturated carbocycles. The van der Waals surface area contributed by atoms with Crippen LogP contribution in [-0.4, -0.2) is 18.2 Å². The van der Waals surface area contributed by atoms with E-state index in [4.69, 9.17) is 9.47 Å². The van der Waals surface area contributed by atoms with Crippen molar-refractivity contribution in [2.75, 3.05) is 7.11 Å². The number of aromatic nitrogens is 1. The molecule has 28 heavy (non-hydrogen) atoms. The van der Waals surface area contributed by atoms with E-state index in [1.54, 1.807) is 19.5 Å². The van der Waals surface area contributed by atoms with Crippen LogP contribution in [-0.2, 0) is 4.74 Å².